The van der Waals surface area contributed by atoms with E-state index in [-0.39, 0.29) is 5.91 Å². The second-order valence-electron chi connectivity index (χ2n) is 6.10. The Bertz CT molecular complexity index is 932. The van der Waals surface area contributed by atoms with Crippen molar-refractivity contribution in [3.63, 3.8) is 0 Å². The molecule has 3 rings (SSSR count). The van der Waals surface area contributed by atoms with E-state index in [1.807, 2.05) is 48.5 Å². The van der Waals surface area contributed by atoms with Gasteiger partial charge in [-0.05, 0) is 47.9 Å². The summed E-state index contributed by atoms with van der Waals surface area (Å²) in [6.07, 6.45) is 2.34. The number of carbonyl (C=O) groups is 1. The van der Waals surface area contributed by atoms with Gasteiger partial charge in [0.1, 0.15) is 11.4 Å². The Labute approximate surface area is 168 Å². The van der Waals surface area contributed by atoms with Crippen LogP contribution in [0.4, 0.5) is 5.95 Å². The maximum atomic E-state index is 12.4. The van der Waals surface area contributed by atoms with E-state index in [1.165, 1.54) is 0 Å². The molecular formula is C21H21ClN4O2. The van der Waals surface area contributed by atoms with Crippen LogP contribution in [0.5, 0.6) is 5.75 Å². The van der Waals surface area contributed by atoms with Gasteiger partial charge in [-0.15, -0.1) is 0 Å². The molecule has 0 aliphatic carbocycles. The third kappa shape index (κ3) is 5.69. The maximum absolute atomic E-state index is 12.4. The number of aromatic nitrogens is 2. The molecule has 2 aromatic carbocycles. The topological polar surface area (TPSA) is 76.1 Å². The average Bonchev–Trinajstić information content (AvgIpc) is 2.73. The summed E-state index contributed by atoms with van der Waals surface area (Å²) < 4.78 is 5.13. The number of rotatable bonds is 8. The van der Waals surface area contributed by atoms with Crippen LogP contribution >= 0.6 is 11.6 Å². The first kappa shape index (κ1) is 19.6. The van der Waals surface area contributed by atoms with Gasteiger partial charge in [0.15, 0.2) is 0 Å². The zero-order chi connectivity index (χ0) is 19.8. The number of methoxy groups -OCH3 is 1. The number of hydrogen-bond acceptors (Lipinski definition) is 5. The molecule has 0 saturated carbocycles. The van der Waals surface area contributed by atoms with Gasteiger partial charge < -0.3 is 15.4 Å². The predicted molar refractivity (Wildman–Crippen MR) is 110 cm³/mol. The first-order valence-corrected chi connectivity index (χ1v) is 9.24. The molecule has 1 heterocycles. The number of anilines is 1. The molecule has 0 saturated heterocycles. The summed E-state index contributed by atoms with van der Waals surface area (Å²) in [5, 5.41) is 6.70. The zero-order valence-electron chi connectivity index (χ0n) is 15.5. The van der Waals surface area contributed by atoms with Gasteiger partial charge in [-0.2, -0.15) is 0 Å². The highest BCUT2D eigenvalue weighted by atomic mass is 35.5. The predicted octanol–water partition coefficient (Wildman–Crippen LogP) is 3.72. The van der Waals surface area contributed by atoms with E-state index in [0.717, 1.165) is 23.3 Å². The zero-order valence-corrected chi connectivity index (χ0v) is 16.2. The summed E-state index contributed by atoms with van der Waals surface area (Å²) in [5.74, 6) is 0.939. The second kappa shape index (κ2) is 9.71. The number of carbonyl (C=O) groups excluding carboxylic acids is 1. The van der Waals surface area contributed by atoms with E-state index in [0.29, 0.717) is 29.8 Å². The molecule has 1 aromatic heterocycles. The minimum Gasteiger partial charge on any atom is -0.497 e. The molecule has 0 radical (unpaired) electrons. The van der Waals surface area contributed by atoms with Gasteiger partial charge in [-0.25, -0.2) is 9.97 Å². The summed E-state index contributed by atoms with van der Waals surface area (Å²) in [4.78, 5) is 20.8. The fourth-order valence-electron chi connectivity index (χ4n) is 2.60. The summed E-state index contributed by atoms with van der Waals surface area (Å²) in [6.45, 7) is 1.04. The number of ether oxygens (including phenoxy) is 1. The lowest BCUT2D eigenvalue weighted by Gasteiger charge is -2.08. The van der Waals surface area contributed by atoms with Crippen molar-refractivity contribution in [2.75, 3.05) is 19.0 Å². The van der Waals surface area contributed by atoms with E-state index < -0.39 is 0 Å². The van der Waals surface area contributed by atoms with Gasteiger partial charge in [0.25, 0.3) is 5.91 Å². The number of amides is 1. The van der Waals surface area contributed by atoms with E-state index in [9.17, 15) is 4.79 Å². The van der Waals surface area contributed by atoms with Crippen LogP contribution in [0.25, 0.3) is 0 Å². The number of nitrogens with one attached hydrogen (secondary N) is 2. The van der Waals surface area contributed by atoms with E-state index in [1.54, 1.807) is 19.4 Å². The largest absolute Gasteiger partial charge is 0.497 e. The monoisotopic (exact) mass is 396 g/mol. The standard InChI is InChI=1S/C21H21ClN4O2/c1-28-18-7-5-16(6-8-18)14-25-20(27)19-10-12-24-21(26-19)23-11-9-15-3-2-4-17(22)13-15/h2-8,10,12-13H,9,11,14H2,1H3,(H,25,27)(H,23,24,26). The van der Waals surface area contributed by atoms with Crippen LogP contribution in [-0.2, 0) is 13.0 Å². The van der Waals surface area contributed by atoms with Crippen molar-refractivity contribution in [3.05, 3.63) is 82.6 Å². The molecule has 0 fully saturated rings. The van der Waals surface area contributed by atoms with Crippen molar-refractivity contribution in [2.45, 2.75) is 13.0 Å². The Kier molecular flexibility index (Phi) is 6.81. The lowest BCUT2D eigenvalue weighted by molar-refractivity contribution is 0.0946. The molecule has 0 unspecified atom stereocenters. The molecule has 28 heavy (non-hydrogen) atoms. The Balaban J connectivity index is 1.52. The fraction of sp³-hybridized carbons (Fsp3) is 0.190. The maximum Gasteiger partial charge on any atom is 0.270 e. The van der Waals surface area contributed by atoms with Crippen molar-refractivity contribution in [1.29, 1.82) is 0 Å². The third-order valence-corrected chi connectivity index (χ3v) is 4.32. The minimum atomic E-state index is -0.254. The average molecular weight is 397 g/mol. The van der Waals surface area contributed by atoms with Crippen molar-refractivity contribution in [2.24, 2.45) is 0 Å². The van der Waals surface area contributed by atoms with Crippen LogP contribution < -0.4 is 15.4 Å². The van der Waals surface area contributed by atoms with Crippen LogP contribution in [0.15, 0.2) is 60.8 Å². The highest BCUT2D eigenvalue weighted by Crippen LogP contribution is 2.12. The normalized spacial score (nSPS) is 10.4. The van der Waals surface area contributed by atoms with E-state index >= 15 is 0 Å². The highest BCUT2D eigenvalue weighted by molar-refractivity contribution is 6.30. The third-order valence-electron chi connectivity index (χ3n) is 4.09. The van der Waals surface area contributed by atoms with Crippen LogP contribution in [0, 0.1) is 0 Å². The smallest absolute Gasteiger partial charge is 0.270 e. The molecule has 0 spiro atoms. The first-order chi connectivity index (χ1) is 13.6. The van der Waals surface area contributed by atoms with Crippen molar-refractivity contribution in [1.82, 2.24) is 15.3 Å². The molecule has 0 atom stereocenters. The van der Waals surface area contributed by atoms with Crippen LogP contribution in [0.3, 0.4) is 0 Å². The van der Waals surface area contributed by atoms with Gasteiger partial charge in [-0.1, -0.05) is 35.9 Å². The van der Waals surface area contributed by atoms with Gasteiger partial charge in [0, 0.05) is 24.3 Å². The van der Waals surface area contributed by atoms with Gasteiger partial charge in [0.2, 0.25) is 5.95 Å². The summed E-state index contributed by atoms with van der Waals surface area (Å²) in [6, 6.07) is 16.8. The van der Waals surface area contributed by atoms with Gasteiger partial charge >= 0.3 is 0 Å². The van der Waals surface area contributed by atoms with Crippen molar-refractivity contribution in [3.8, 4) is 5.75 Å². The van der Waals surface area contributed by atoms with Crippen LogP contribution in [0.2, 0.25) is 5.02 Å². The lowest BCUT2D eigenvalue weighted by Crippen LogP contribution is -2.24. The molecule has 6 nitrogen and oxygen atoms in total. The molecule has 144 valence electrons. The summed E-state index contributed by atoms with van der Waals surface area (Å²) in [7, 11) is 1.62. The minimum absolute atomic E-state index is 0.254. The molecule has 1 amide bonds. The SMILES string of the molecule is COc1ccc(CNC(=O)c2ccnc(NCCc3cccc(Cl)c3)n2)cc1. The number of nitrogens with zero attached hydrogens (tertiary/aromatic N) is 2. The number of halogens is 1. The second-order valence-corrected chi connectivity index (χ2v) is 6.54. The highest BCUT2D eigenvalue weighted by Gasteiger charge is 2.08. The van der Waals surface area contributed by atoms with Crippen LogP contribution in [0.1, 0.15) is 21.6 Å². The van der Waals surface area contributed by atoms with Crippen molar-refractivity contribution >= 4 is 23.5 Å². The Morgan fingerprint density at radius 3 is 2.68 bits per heavy atom. The Morgan fingerprint density at radius 1 is 1.11 bits per heavy atom. The first-order valence-electron chi connectivity index (χ1n) is 8.86. The van der Waals surface area contributed by atoms with E-state index in [2.05, 4.69) is 20.6 Å². The molecule has 0 aliphatic heterocycles. The molecule has 3 aromatic rings. The van der Waals surface area contributed by atoms with Crippen LogP contribution in [-0.4, -0.2) is 29.5 Å². The number of hydrogen-bond donors (Lipinski definition) is 2. The Hall–Kier alpha value is -3.12. The number of benzene rings is 2. The lowest BCUT2D eigenvalue weighted by atomic mass is 10.1. The summed E-state index contributed by atoms with van der Waals surface area (Å²) in [5.41, 5.74) is 2.41. The van der Waals surface area contributed by atoms with Crippen molar-refractivity contribution < 1.29 is 9.53 Å². The Morgan fingerprint density at radius 2 is 1.93 bits per heavy atom. The molecular weight excluding hydrogens is 376 g/mol. The quantitative estimate of drug-likeness (QED) is 0.606. The summed E-state index contributed by atoms with van der Waals surface area (Å²) >= 11 is 5.99. The van der Waals surface area contributed by atoms with E-state index in [4.69, 9.17) is 16.3 Å². The molecule has 2 N–H and O–H groups in total. The molecule has 0 aliphatic rings. The molecule has 0 bridgehead atoms. The molecule has 7 heteroatoms. The van der Waals surface area contributed by atoms with Gasteiger partial charge in [0.05, 0.1) is 7.11 Å². The fourth-order valence-corrected chi connectivity index (χ4v) is 2.81. The van der Waals surface area contributed by atoms with Gasteiger partial charge in [-0.3, -0.25) is 4.79 Å².